The van der Waals surface area contributed by atoms with Crippen molar-refractivity contribution in [1.29, 1.82) is 0 Å². The molecule has 0 aliphatic heterocycles. The molecule has 0 aliphatic rings. The Hall–Kier alpha value is -1.88. The van der Waals surface area contributed by atoms with Crippen molar-refractivity contribution in [2.45, 2.75) is 6.61 Å². The van der Waals surface area contributed by atoms with Gasteiger partial charge in [-0.15, -0.1) is 10.2 Å². The Balaban J connectivity index is 1.82. The number of aromatic nitrogens is 3. The Bertz CT molecular complexity index is 724. The number of fused-ring (bicyclic) bond motifs is 1. The zero-order chi connectivity index (χ0) is 13.2. The predicted octanol–water partition coefficient (Wildman–Crippen LogP) is 3.31. The van der Waals surface area contributed by atoms with E-state index in [2.05, 4.69) is 38.3 Å². The van der Waals surface area contributed by atoms with Crippen molar-refractivity contribution in [3.63, 3.8) is 0 Å². The van der Waals surface area contributed by atoms with Gasteiger partial charge in [0, 0.05) is 11.5 Å². The maximum atomic E-state index is 5.73. The molecule has 4 nitrogen and oxygen atoms in total. The lowest BCUT2D eigenvalue weighted by Crippen LogP contribution is -2.02. The first-order valence-electron chi connectivity index (χ1n) is 5.87. The summed E-state index contributed by atoms with van der Waals surface area (Å²) in [6.45, 7) is 0.415. The fraction of sp³-hybridized carbons (Fsp3) is 0.143. The molecule has 0 spiro atoms. The van der Waals surface area contributed by atoms with Crippen molar-refractivity contribution < 1.29 is 4.74 Å². The van der Waals surface area contributed by atoms with Gasteiger partial charge in [-0.25, -0.2) is 0 Å². The second-order valence-electron chi connectivity index (χ2n) is 4.30. The normalized spacial score (nSPS) is 10.8. The molecule has 96 valence electrons. The Morgan fingerprint density at radius 3 is 2.74 bits per heavy atom. The van der Waals surface area contributed by atoms with Crippen molar-refractivity contribution in [3.05, 3.63) is 53.0 Å². The number of hydrogen-bond acceptors (Lipinski definition) is 3. The van der Waals surface area contributed by atoms with Gasteiger partial charge >= 0.3 is 0 Å². The van der Waals surface area contributed by atoms with E-state index in [0.717, 1.165) is 21.4 Å². The summed E-state index contributed by atoms with van der Waals surface area (Å²) < 4.78 is 8.66. The van der Waals surface area contributed by atoms with Crippen LogP contribution < -0.4 is 4.74 Å². The number of aryl methyl sites for hydroxylation is 1. The van der Waals surface area contributed by atoms with Gasteiger partial charge in [0.1, 0.15) is 18.7 Å². The average molecular weight is 318 g/mol. The van der Waals surface area contributed by atoms with E-state index in [0.29, 0.717) is 6.61 Å². The van der Waals surface area contributed by atoms with Crippen LogP contribution in [0.3, 0.4) is 0 Å². The molecule has 19 heavy (non-hydrogen) atoms. The van der Waals surface area contributed by atoms with Gasteiger partial charge in [0.25, 0.3) is 0 Å². The smallest absolute Gasteiger partial charge is 0.170 e. The summed E-state index contributed by atoms with van der Waals surface area (Å²) >= 11 is 3.47. The van der Waals surface area contributed by atoms with Gasteiger partial charge in [-0.3, -0.25) is 0 Å². The average Bonchev–Trinajstić information content (AvgIpc) is 2.82. The van der Waals surface area contributed by atoms with E-state index in [4.69, 9.17) is 4.74 Å². The number of halogens is 1. The Morgan fingerprint density at radius 1 is 1.16 bits per heavy atom. The maximum Gasteiger partial charge on any atom is 0.170 e. The Morgan fingerprint density at radius 2 is 1.95 bits per heavy atom. The van der Waals surface area contributed by atoms with Crippen LogP contribution >= 0.6 is 15.9 Å². The van der Waals surface area contributed by atoms with E-state index in [1.165, 1.54) is 5.39 Å². The largest absolute Gasteiger partial charge is 0.486 e. The molecular formula is C14H12BrN3O. The number of hydrogen-bond donors (Lipinski definition) is 0. The third kappa shape index (κ3) is 2.61. The number of rotatable bonds is 3. The molecule has 0 unspecified atom stereocenters. The highest BCUT2D eigenvalue weighted by Gasteiger charge is 2.03. The minimum absolute atomic E-state index is 0.415. The van der Waals surface area contributed by atoms with Crippen LogP contribution in [0.1, 0.15) is 5.82 Å². The topological polar surface area (TPSA) is 39.9 Å². The molecule has 0 atom stereocenters. The fourth-order valence-electron chi connectivity index (χ4n) is 1.87. The molecular weight excluding hydrogens is 306 g/mol. The Labute approximate surface area is 119 Å². The summed E-state index contributed by atoms with van der Waals surface area (Å²) in [6.07, 6.45) is 1.66. The molecule has 5 heteroatoms. The van der Waals surface area contributed by atoms with Crippen LogP contribution in [0.5, 0.6) is 5.75 Å². The minimum Gasteiger partial charge on any atom is -0.486 e. The van der Waals surface area contributed by atoms with E-state index >= 15 is 0 Å². The lowest BCUT2D eigenvalue weighted by Gasteiger charge is -2.07. The van der Waals surface area contributed by atoms with E-state index in [1.807, 2.05) is 35.9 Å². The third-order valence-corrected chi connectivity index (χ3v) is 3.44. The first-order valence-corrected chi connectivity index (χ1v) is 6.67. The monoisotopic (exact) mass is 317 g/mol. The molecule has 0 aliphatic carbocycles. The van der Waals surface area contributed by atoms with E-state index < -0.39 is 0 Å². The van der Waals surface area contributed by atoms with E-state index in [9.17, 15) is 0 Å². The molecule has 3 aromatic rings. The molecule has 0 bridgehead atoms. The lowest BCUT2D eigenvalue weighted by molar-refractivity contribution is 0.291. The first kappa shape index (κ1) is 12.2. The summed E-state index contributed by atoms with van der Waals surface area (Å²) in [5.74, 6) is 1.63. The third-order valence-electron chi connectivity index (χ3n) is 2.95. The molecule has 0 radical (unpaired) electrons. The van der Waals surface area contributed by atoms with Crippen LogP contribution in [0.15, 0.2) is 47.2 Å². The van der Waals surface area contributed by atoms with Crippen molar-refractivity contribution in [1.82, 2.24) is 14.8 Å². The van der Waals surface area contributed by atoms with Gasteiger partial charge in [-0.2, -0.15) is 0 Å². The summed E-state index contributed by atoms with van der Waals surface area (Å²) in [7, 11) is 1.90. The van der Waals surface area contributed by atoms with Gasteiger partial charge in [-0.1, -0.05) is 28.1 Å². The van der Waals surface area contributed by atoms with Crippen LogP contribution in [-0.4, -0.2) is 14.8 Å². The molecule has 0 fully saturated rings. The second kappa shape index (κ2) is 5.01. The molecule has 1 aromatic heterocycles. The molecule has 0 saturated heterocycles. The molecule has 0 N–H and O–H groups in total. The van der Waals surface area contributed by atoms with Crippen LogP contribution in [-0.2, 0) is 13.7 Å². The Kier molecular flexibility index (Phi) is 3.21. The highest BCUT2D eigenvalue weighted by atomic mass is 79.9. The molecule has 0 amide bonds. The molecule has 3 rings (SSSR count). The lowest BCUT2D eigenvalue weighted by atomic mass is 10.1. The van der Waals surface area contributed by atoms with Crippen LogP contribution in [0, 0.1) is 0 Å². The molecule has 2 aromatic carbocycles. The first-order chi connectivity index (χ1) is 9.22. The zero-order valence-electron chi connectivity index (χ0n) is 10.4. The summed E-state index contributed by atoms with van der Waals surface area (Å²) in [5.41, 5.74) is 0. The van der Waals surface area contributed by atoms with Crippen LogP contribution in [0.4, 0.5) is 0 Å². The highest BCUT2D eigenvalue weighted by Crippen LogP contribution is 2.24. The van der Waals surface area contributed by atoms with Gasteiger partial charge in [0.15, 0.2) is 5.82 Å². The SMILES string of the molecule is Cn1cnnc1COc1ccc2cc(Br)ccc2c1. The quantitative estimate of drug-likeness (QED) is 0.744. The molecule has 1 heterocycles. The number of benzene rings is 2. The van der Waals surface area contributed by atoms with Crippen molar-refractivity contribution >= 4 is 26.7 Å². The summed E-state index contributed by atoms with van der Waals surface area (Å²) in [6, 6.07) is 12.2. The van der Waals surface area contributed by atoms with Gasteiger partial charge < -0.3 is 9.30 Å². The van der Waals surface area contributed by atoms with Crippen LogP contribution in [0.25, 0.3) is 10.8 Å². The maximum absolute atomic E-state index is 5.73. The van der Waals surface area contributed by atoms with Gasteiger partial charge in [-0.05, 0) is 35.0 Å². The van der Waals surface area contributed by atoms with Gasteiger partial charge in [0.05, 0.1) is 0 Å². The van der Waals surface area contributed by atoms with E-state index in [-0.39, 0.29) is 0 Å². The van der Waals surface area contributed by atoms with Crippen molar-refractivity contribution in [2.24, 2.45) is 7.05 Å². The number of nitrogens with zero attached hydrogens (tertiary/aromatic N) is 3. The second-order valence-corrected chi connectivity index (χ2v) is 5.22. The highest BCUT2D eigenvalue weighted by molar-refractivity contribution is 9.10. The van der Waals surface area contributed by atoms with Crippen molar-refractivity contribution in [3.8, 4) is 5.75 Å². The predicted molar refractivity (Wildman–Crippen MR) is 77.0 cm³/mol. The van der Waals surface area contributed by atoms with Crippen LogP contribution in [0.2, 0.25) is 0 Å². The van der Waals surface area contributed by atoms with Gasteiger partial charge in [0.2, 0.25) is 0 Å². The zero-order valence-corrected chi connectivity index (χ0v) is 12.0. The van der Waals surface area contributed by atoms with Crippen molar-refractivity contribution in [2.75, 3.05) is 0 Å². The standard InChI is InChI=1S/C14H12BrN3O/c1-18-9-16-17-14(18)8-19-13-5-3-10-6-12(15)4-2-11(10)7-13/h2-7,9H,8H2,1H3. The number of ether oxygens (including phenoxy) is 1. The summed E-state index contributed by atoms with van der Waals surface area (Å²) in [5, 5.41) is 10.1. The summed E-state index contributed by atoms with van der Waals surface area (Å²) in [4.78, 5) is 0. The van der Waals surface area contributed by atoms with E-state index in [1.54, 1.807) is 6.33 Å². The fourth-order valence-corrected chi connectivity index (χ4v) is 2.25. The molecule has 0 saturated carbocycles. The minimum atomic E-state index is 0.415.